The minimum atomic E-state index is -3.47. The van der Waals surface area contributed by atoms with Gasteiger partial charge in [-0.15, -0.1) is 0 Å². The number of aryl methyl sites for hydroxylation is 1. The van der Waals surface area contributed by atoms with Gasteiger partial charge >= 0.3 is 17.9 Å². The average molecular weight is 434 g/mol. The van der Waals surface area contributed by atoms with E-state index in [-0.39, 0.29) is 29.4 Å². The van der Waals surface area contributed by atoms with Gasteiger partial charge in [0, 0.05) is 36.1 Å². The predicted octanol–water partition coefficient (Wildman–Crippen LogP) is 0.106. The van der Waals surface area contributed by atoms with Gasteiger partial charge in [-0.25, -0.2) is 8.42 Å². The van der Waals surface area contributed by atoms with Gasteiger partial charge < -0.3 is 14.2 Å². The molecule has 4 rings (SSSR count). The zero-order valence-corrected chi connectivity index (χ0v) is 17.9. The molecule has 30 heavy (non-hydrogen) atoms. The van der Waals surface area contributed by atoms with Crippen molar-refractivity contribution < 1.29 is 37.0 Å². The smallest absolute Gasteiger partial charge is 0.310 e. The lowest BCUT2D eigenvalue weighted by atomic mass is 9.96. The minimum absolute atomic E-state index is 0.0503. The van der Waals surface area contributed by atoms with Crippen LogP contribution < -0.4 is 10.4 Å². The van der Waals surface area contributed by atoms with Crippen LogP contribution in [0.2, 0.25) is 0 Å². The molecule has 1 saturated carbocycles. The molecule has 1 aromatic rings. The van der Waals surface area contributed by atoms with Gasteiger partial charge in [-0.3, -0.25) is 14.4 Å². The molecule has 0 amide bonds. The first kappa shape index (κ1) is 20.6. The number of carbonyl (C=O) groups excluding carboxylic acids is 3. The van der Waals surface area contributed by atoms with Crippen molar-refractivity contribution in [1.29, 1.82) is 0 Å². The van der Waals surface area contributed by atoms with E-state index in [1.165, 1.54) is 13.8 Å². The van der Waals surface area contributed by atoms with E-state index in [0.29, 0.717) is 27.3 Å². The molecule has 3 atom stereocenters. The molecule has 8 nitrogen and oxygen atoms in total. The topological polar surface area (TPSA) is 113 Å². The van der Waals surface area contributed by atoms with E-state index in [4.69, 9.17) is 14.2 Å². The summed E-state index contributed by atoms with van der Waals surface area (Å²) in [6.45, 7) is 6.06. The largest absolute Gasteiger partial charge is 0.466 e. The standard InChI is InChI=1S/C21H22O8S/c1-5-27-21(24)17-15-16(17)19(29-11(4)23)14-12-6-7-30(25,26)20(12)9(2)8-13(14)18(15)28-10(3)22/h8,15-17H,5-7H2,1-4H3/t15-,16+,17-/m1/s1. The van der Waals surface area contributed by atoms with Crippen molar-refractivity contribution in [3.63, 3.8) is 0 Å². The van der Waals surface area contributed by atoms with Crippen molar-refractivity contribution in [2.75, 3.05) is 12.4 Å². The third kappa shape index (κ3) is 3.03. The molecule has 0 radical (unpaired) electrons. The van der Waals surface area contributed by atoms with Crippen LogP contribution in [0.4, 0.5) is 0 Å². The van der Waals surface area contributed by atoms with Crippen molar-refractivity contribution >= 4 is 39.3 Å². The lowest BCUT2D eigenvalue weighted by Crippen LogP contribution is -2.39. The molecule has 1 aromatic carbocycles. The predicted molar refractivity (Wildman–Crippen MR) is 104 cm³/mol. The molecule has 1 heterocycles. The summed E-state index contributed by atoms with van der Waals surface area (Å²) < 4.78 is 41.5. The summed E-state index contributed by atoms with van der Waals surface area (Å²) in [4.78, 5) is 36.5. The summed E-state index contributed by atoms with van der Waals surface area (Å²) in [5.74, 6) is -2.83. The Hall–Kier alpha value is -2.68. The Bertz CT molecular complexity index is 1220. The molecule has 0 N–H and O–H groups in total. The maximum atomic E-state index is 12.6. The molecule has 0 saturated heterocycles. The third-order valence-electron chi connectivity index (χ3n) is 5.70. The van der Waals surface area contributed by atoms with Gasteiger partial charge in [-0.05, 0) is 37.5 Å². The van der Waals surface area contributed by atoms with Gasteiger partial charge in [0.05, 0.1) is 23.2 Å². The second kappa shape index (κ2) is 6.94. The molecule has 160 valence electrons. The molecule has 0 bridgehead atoms. The number of sulfone groups is 1. The van der Waals surface area contributed by atoms with E-state index in [0.717, 1.165) is 0 Å². The SMILES string of the molecule is CCOC(=O)[C@@H]1[C@@H]2C(OC(C)=O)=c3cc(C)c4c(c3=C(OC(C)=O)[C@H]12)CCS4(=O)=O. The highest BCUT2D eigenvalue weighted by atomic mass is 32.2. The lowest BCUT2D eigenvalue weighted by Gasteiger charge is -2.18. The van der Waals surface area contributed by atoms with E-state index in [1.54, 1.807) is 19.9 Å². The lowest BCUT2D eigenvalue weighted by molar-refractivity contribution is -0.145. The Morgan fingerprint density at radius 2 is 1.67 bits per heavy atom. The number of rotatable bonds is 4. The Morgan fingerprint density at radius 1 is 1.07 bits per heavy atom. The van der Waals surface area contributed by atoms with Gasteiger partial charge in [-0.2, -0.15) is 0 Å². The number of carbonyl (C=O) groups is 3. The van der Waals surface area contributed by atoms with E-state index in [1.807, 2.05) is 0 Å². The number of hydrogen-bond donors (Lipinski definition) is 0. The summed E-state index contributed by atoms with van der Waals surface area (Å²) in [6.07, 6.45) is 0.251. The molecule has 0 aromatic heterocycles. The fourth-order valence-electron chi connectivity index (χ4n) is 4.75. The van der Waals surface area contributed by atoms with Crippen molar-refractivity contribution in [2.45, 2.75) is 39.0 Å². The Kier molecular flexibility index (Phi) is 4.76. The maximum absolute atomic E-state index is 12.6. The van der Waals surface area contributed by atoms with Crippen LogP contribution >= 0.6 is 0 Å². The van der Waals surface area contributed by atoms with Crippen LogP contribution in [0.1, 0.15) is 31.9 Å². The highest BCUT2D eigenvalue weighted by molar-refractivity contribution is 7.91. The molecule has 1 fully saturated rings. The first-order chi connectivity index (χ1) is 14.1. The van der Waals surface area contributed by atoms with Crippen LogP contribution in [0, 0.1) is 24.7 Å². The molecule has 9 heteroatoms. The first-order valence-corrected chi connectivity index (χ1v) is 11.4. The number of benzene rings is 1. The van der Waals surface area contributed by atoms with E-state index >= 15 is 0 Å². The Balaban J connectivity index is 2.09. The number of esters is 3. The second-order valence-corrected chi connectivity index (χ2v) is 9.78. The zero-order valence-electron chi connectivity index (χ0n) is 17.1. The molecule has 3 aliphatic rings. The molecular formula is C21H22O8S. The molecule has 2 aliphatic carbocycles. The van der Waals surface area contributed by atoms with Crippen molar-refractivity contribution in [2.24, 2.45) is 17.8 Å². The van der Waals surface area contributed by atoms with Crippen molar-refractivity contribution in [1.82, 2.24) is 0 Å². The number of hydrogen-bond acceptors (Lipinski definition) is 8. The first-order valence-electron chi connectivity index (χ1n) is 9.75. The monoisotopic (exact) mass is 434 g/mol. The van der Waals surface area contributed by atoms with Gasteiger partial charge in [0.2, 0.25) is 0 Å². The molecule has 0 unspecified atom stereocenters. The van der Waals surface area contributed by atoms with Crippen LogP contribution in [0.25, 0.3) is 11.5 Å². The van der Waals surface area contributed by atoms with Gasteiger partial charge in [0.15, 0.2) is 9.84 Å². The fourth-order valence-corrected chi connectivity index (χ4v) is 6.55. The van der Waals surface area contributed by atoms with Gasteiger partial charge in [-0.1, -0.05) is 0 Å². The normalized spacial score (nSPS) is 25.0. The van der Waals surface area contributed by atoms with Gasteiger partial charge in [0.1, 0.15) is 11.5 Å². The van der Waals surface area contributed by atoms with Crippen LogP contribution in [0.3, 0.4) is 0 Å². The van der Waals surface area contributed by atoms with Crippen LogP contribution in [0.5, 0.6) is 0 Å². The number of fused-ring (bicyclic) bond motifs is 4. The summed E-state index contributed by atoms with van der Waals surface area (Å²) in [7, 11) is -3.47. The molecule has 0 spiro atoms. The van der Waals surface area contributed by atoms with Crippen molar-refractivity contribution in [3.05, 3.63) is 27.6 Å². The van der Waals surface area contributed by atoms with E-state index in [9.17, 15) is 22.8 Å². The molecular weight excluding hydrogens is 412 g/mol. The summed E-state index contributed by atoms with van der Waals surface area (Å²) in [5, 5.41) is 0.930. The third-order valence-corrected chi connectivity index (χ3v) is 7.63. The quantitative estimate of drug-likeness (QED) is 0.485. The highest BCUT2D eigenvalue weighted by Gasteiger charge is 2.63. The fraction of sp³-hybridized carbons (Fsp3) is 0.476. The van der Waals surface area contributed by atoms with Crippen molar-refractivity contribution in [3.8, 4) is 0 Å². The Morgan fingerprint density at radius 3 is 2.27 bits per heavy atom. The summed E-state index contributed by atoms with van der Waals surface area (Å²) >= 11 is 0. The minimum Gasteiger partial charge on any atom is -0.466 e. The Labute approximate surface area is 173 Å². The summed E-state index contributed by atoms with van der Waals surface area (Å²) in [5.41, 5.74) is 1.07. The summed E-state index contributed by atoms with van der Waals surface area (Å²) in [6, 6.07) is 1.63. The van der Waals surface area contributed by atoms with Crippen LogP contribution in [0.15, 0.2) is 11.0 Å². The zero-order chi connectivity index (χ0) is 22.0. The van der Waals surface area contributed by atoms with E-state index in [2.05, 4.69) is 0 Å². The number of ether oxygens (including phenoxy) is 3. The van der Waals surface area contributed by atoms with Crippen LogP contribution in [-0.2, 0) is 44.9 Å². The highest BCUT2D eigenvalue weighted by Crippen LogP contribution is 2.58. The second-order valence-electron chi connectivity index (χ2n) is 7.74. The van der Waals surface area contributed by atoms with Gasteiger partial charge in [0.25, 0.3) is 0 Å². The molecule has 1 aliphatic heterocycles. The maximum Gasteiger partial charge on any atom is 0.310 e. The average Bonchev–Trinajstić information content (AvgIpc) is 3.29. The van der Waals surface area contributed by atoms with Crippen LogP contribution in [-0.4, -0.2) is 38.7 Å². The van der Waals surface area contributed by atoms with E-state index < -0.39 is 45.5 Å².